The molecule has 2 aromatic rings. The number of carbonyl (C=O) groups excluding carboxylic acids is 1. The maximum Gasteiger partial charge on any atom is 0.328 e. The molecule has 0 fully saturated rings. The lowest BCUT2D eigenvalue weighted by Gasteiger charge is -2.08. The molecule has 0 saturated heterocycles. The van der Waals surface area contributed by atoms with Crippen molar-refractivity contribution in [3.05, 3.63) is 67.4 Å². The summed E-state index contributed by atoms with van der Waals surface area (Å²) >= 11 is 6.00. The number of nitrogens with zero attached hydrogens (tertiary/aromatic N) is 2. The summed E-state index contributed by atoms with van der Waals surface area (Å²) in [5.74, 6) is -0.348. The van der Waals surface area contributed by atoms with E-state index < -0.39 is 11.2 Å². The minimum atomic E-state index is -0.688. The average molecular weight is 364 g/mol. The van der Waals surface area contributed by atoms with E-state index in [-0.39, 0.29) is 24.0 Å². The van der Waals surface area contributed by atoms with Crippen molar-refractivity contribution in [3.63, 3.8) is 0 Å². The normalized spacial score (nSPS) is 11.6. The Balaban J connectivity index is 2.36. The fourth-order valence-corrected chi connectivity index (χ4v) is 2.29. The molecule has 25 heavy (non-hydrogen) atoms. The van der Waals surface area contributed by atoms with Gasteiger partial charge in [0.1, 0.15) is 6.10 Å². The number of aromatic amines is 1. The Hall–Kier alpha value is -2.67. The first-order valence-electron chi connectivity index (χ1n) is 7.62. The number of hydrogen-bond donors (Lipinski definition) is 1. The maximum atomic E-state index is 12.4. The SMILES string of the molecule is C/C(=N\OC(C)C)c1cn(CC(=O)c2ccccc2Cl)c(=O)[nH]c1=O. The molecule has 2 rings (SSSR count). The number of ketones is 1. The van der Waals surface area contributed by atoms with Crippen LogP contribution in [0.25, 0.3) is 0 Å². The molecule has 1 aromatic carbocycles. The van der Waals surface area contributed by atoms with Crippen molar-refractivity contribution in [3.8, 4) is 0 Å². The number of H-pyrrole nitrogens is 1. The molecule has 0 aliphatic heterocycles. The lowest BCUT2D eigenvalue weighted by Crippen LogP contribution is -2.34. The molecular weight excluding hydrogens is 346 g/mol. The molecule has 0 aliphatic rings. The van der Waals surface area contributed by atoms with Gasteiger partial charge >= 0.3 is 5.69 Å². The summed E-state index contributed by atoms with van der Waals surface area (Å²) in [5, 5.41) is 4.15. The summed E-state index contributed by atoms with van der Waals surface area (Å²) in [7, 11) is 0. The van der Waals surface area contributed by atoms with Gasteiger partial charge in [-0.25, -0.2) is 4.79 Å². The highest BCUT2D eigenvalue weighted by molar-refractivity contribution is 6.33. The lowest BCUT2D eigenvalue weighted by atomic mass is 10.1. The van der Waals surface area contributed by atoms with Gasteiger partial charge in [0.15, 0.2) is 5.78 Å². The highest BCUT2D eigenvalue weighted by atomic mass is 35.5. The van der Waals surface area contributed by atoms with Gasteiger partial charge in [-0.3, -0.25) is 19.1 Å². The zero-order valence-electron chi connectivity index (χ0n) is 14.1. The topological polar surface area (TPSA) is 93.5 Å². The minimum Gasteiger partial charge on any atom is -0.393 e. The van der Waals surface area contributed by atoms with E-state index in [1.54, 1.807) is 45.0 Å². The highest BCUT2D eigenvalue weighted by Crippen LogP contribution is 2.15. The van der Waals surface area contributed by atoms with Crippen molar-refractivity contribution in [1.82, 2.24) is 9.55 Å². The molecule has 0 amide bonds. The summed E-state index contributed by atoms with van der Waals surface area (Å²) in [5.41, 5.74) is -0.537. The smallest absolute Gasteiger partial charge is 0.328 e. The second-order valence-corrected chi connectivity index (χ2v) is 6.07. The standard InChI is InChI=1S/C17H18ClN3O4/c1-10(2)25-20-11(3)13-8-21(17(24)19-16(13)23)9-15(22)12-6-4-5-7-14(12)18/h4-8,10H,9H2,1-3H3,(H,19,23,24)/b20-11+. The fourth-order valence-electron chi connectivity index (χ4n) is 2.05. The van der Waals surface area contributed by atoms with Gasteiger partial charge in [0.05, 0.1) is 22.8 Å². The Kier molecular flexibility index (Phi) is 5.93. The summed E-state index contributed by atoms with van der Waals surface area (Å²) < 4.78 is 1.11. The molecule has 1 aromatic heterocycles. The lowest BCUT2D eigenvalue weighted by molar-refractivity contribution is 0.0860. The average Bonchev–Trinajstić information content (AvgIpc) is 2.55. The molecule has 0 aliphatic carbocycles. The molecule has 0 radical (unpaired) electrons. The number of aromatic nitrogens is 2. The van der Waals surface area contributed by atoms with E-state index in [2.05, 4.69) is 10.1 Å². The van der Waals surface area contributed by atoms with Crippen molar-refractivity contribution in [2.75, 3.05) is 0 Å². The summed E-state index contributed by atoms with van der Waals surface area (Å²) in [4.78, 5) is 43.6. The monoisotopic (exact) mass is 363 g/mol. The molecule has 1 heterocycles. The summed E-state index contributed by atoms with van der Waals surface area (Å²) in [6.07, 6.45) is 1.14. The van der Waals surface area contributed by atoms with Crippen LogP contribution >= 0.6 is 11.6 Å². The van der Waals surface area contributed by atoms with Crippen LogP contribution in [0.3, 0.4) is 0 Å². The third-order valence-electron chi connectivity index (χ3n) is 3.29. The number of rotatable bonds is 6. The van der Waals surface area contributed by atoms with Crippen molar-refractivity contribution in [2.45, 2.75) is 33.4 Å². The van der Waals surface area contributed by atoms with Crippen LogP contribution in [0, 0.1) is 0 Å². The molecule has 0 atom stereocenters. The van der Waals surface area contributed by atoms with Gasteiger partial charge in [0, 0.05) is 11.8 Å². The summed E-state index contributed by atoms with van der Waals surface area (Å²) in [6, 6.07) is 6.56. The van der Waals surface area contributed by atoms with Crippen LogP contribution in [0.15, 0.2) is 45.2 Å². The maximum absolute atomic E-state index is 12.4. The number of oxime groups is 1. The van der Waals surface area contributed by atoms with E-state index in [4.69, 9.17) is 16.4 Å². The van der Waals surface area contributed by atoms with E-state index in [0.717, 1.165) is 4.57 Å². The van der Waals surface area contributed by atoms with Gasteiger partial charge in [-0.1, -0.05) is 28.9 Å². The predicted octanol–water partition coefficient (Wildman–Crippen LogP) is 2.22. The second kappa shape index (κ2) is 7.94. The Morgan fingerprint density at radius 1 is 1.28 bits per heavy atom. The van der Waals surface area contributed by atoms with Crippen LogP contribution in [0.5, 0.6) is 0 Å². The number of carbonyl (C=O) groups is 1. The molecule has 0 bridgehead atoms. The molecule has 0 saturated carbocycles. The Morgan fingerprint density at radius 3 is 2.60 bits per heavy atom. The van der Waals surface area contributed by atoms with Gasteiger partial charge in [-0.15, -0.1) is 0 Å². The number of Topliss-reactive ketones (excluding diaryl/α,β-unsaturated/α-hetero) is 1. The van der Waals surface area contributed by atoms with Crippen LogP contribution in [0.1, 0.15) is 36.7 Å². The van der Waals surface area contributed by atoms with E-state index in [9.17, 15) is 14.4 Å². The largest absolute Gasteiger partial charge is 0.393 e. The number of halogens is 1. The van der Waals surface area contributed by atoms with E-state index in [1.165, 1.54) is 6.20 Å². The van der Waals surface area contributed by atoms with Crippen molar-refractivity contribution < 1.29 is 9.63 Å². The Bertz CT molecular complexity index is 928. The number of hydrogen-bond acceptors (Lipinski definition) is 5. The van der Waals surface area contributed by atoms with Gasteiger partial charge in [0.25, 0.3) is 5.56 Å². The van der Waals surface area contributed by atoms with E-state index >= 15 is 0 Å². The van der Waals surface area contributed by atoms with Crippen molar-refractivity contribution in [1.29, 1.82) is 0 Å². The number of benzene rings is 1. The molecular formula is C17H18ClN3O4. The zero-order chi connectivity index (χ0) is 18.6. The third kappa shape index (κ3) is 4.67. The Morgan fingerprint density at radius 2 is 1.96 bits per heavy atom. The van der Waals surface area contributed by atoms with Gasteiger partial charge in [-0.05, 0) is 32.9 Å². The van der Waals surface area contributed by atoms with Gasteiger partial charge in [-0.2, -0.15) is 0 Å². The minimum absolute atomic E-state index is 0.146. The number of nitrogens with one attached hydrogen (secondary N) is 1. The van der Waals surface area contributed by atoms with Gasteiger partial charge < -0.3 is 4.84 Å². The highest BCUT2D eigenvalue weighted by Gasteiger charge is 2.14. The quantitative estimate of drug-likeness (QED) is 0.483. The first-order chi connectivity index (χ1) is 11.8. The molecule has 0 unspecified atom stereocenters. The van der Waals surface area contributed by atoms with Crippen molar-refractivity contribution >= 4 is 23.1 Å². The molecule has 1 N–H and O–H groups in total. The van der Waals surface area contributed by atoms with Gasteiger partial charge in [0.2, 0.25) is 0 Å². The predicted molar refractivity (Wildman–Crippen MR) is 95.5 cm³/mol. The third-order valence-corrected chi connectivity index (χ3v) is 3.62. The van der Waals surface area contributed by atoms with E-state index in [0.29, 0.717) is 16.3 Å². The van der Waals surface area contributed by atoms with Crippen molar-refractivity contribution in [2.24, 2.45) is 5.16 Å². The zero-order valence-corrected chi connectivity index (χ0v) is 14.8. The molecule has 132 valence electrons. The fraction of sp³-hybridized carbons (Fsp3) is 0.294. The first kappa shape index (κ1) is 18.7. The molecule has 7 nitrogen and oxygen atoms in total. The second-order valence-electron chi connectivity index (χ2n) is 5.66. The first-order valence-corrected chi connectivity index (χ1v) is 7.99. The van der Waals surface area contributed by atoms with Crippen LogP contribution < -0.4 is 11.2 Å². The van der Waals surface area contributed by atoms with Crippen LogP contribution in [0.2, 0.25) is 5.02 Å². The summed E-state index contributed by atoms with van der Waals surface area (Å²) in [6.45, 7) is 4.91. The van der Waals surface area contributed by atoms with Crippen LogP contribution in [0.4, 0.5) is 0 Å². The van der Waals surface area contributed by atoms with Crippen LogP contribution in [-0.4, -0.2) is 27.1 Å². The van der Waals surface area contributed by atoms with Crippen LogP contribution in [-0.2, 0) is 11.4 Å². The molecule has 8 heteroatoms. The Labute approximate surface area is 148 Å². The molecule has 0 spiro atoms. The van der Waals surface area contributed by atoms with E-state index in [1.807, 2.05) is 0 Å².